The monoisotopic (exact) mass is 476 g/mol. The number of ether oxygens (including phenoxy) is 1. The number of hydroxylamine groups is 2. The normalized spacial score (nSPS) is 12.2. The second-order valence-corrected chi connectivity index (χ2v) is 7.77. The molecule has 33 heavy (non-hydrogen) atoms. The Labute approximate surface area is 198 Å². The number of aliphatic imine (C=N–C) groups is 1. The summed E-state index contributed by atoms with van der Waals surface area (Å²) < 4.78 is 5.55. The van der Waals surface area contributed by atoms with E-state index in [1.165, 1.54) is 0 Å². The van der Waals surface area contributed by atoms with Gasteiger partial charge in [0.15, 0.2) is 0 Å². The Hall–Kier alpha value is -3.30. The third-order valence-electron chi connectivity index (χ3n) is 4.77. The van der Waals surface area contributed by atoms with Crippen molar-refractivity contribution in [2.45, 2.75) is 33.2 Å². The second-order valence-electron chi connectivity index (χ2n) is 7.33. The molecule has 178 valence electrons. The highest BCUT2D eigenvalue weighted by atomic mass is 35.5. The number of hydrogen-bond acceptors (Lipinski definition) is 5. The zero-order chi connectivity index (χ0) is 24.4. The van der Waals surface area contributed by atoms with E-state index in [9.17, 15) is 19.9 Å². The average molecular weight is 477 g/mol. The number of hydrogen-bond donors (Lipinski definition) is 3. The van der Waals surface area contributed by atoms with E-state index >= 15 is 0 Å². The van der Waals surface area contributed by atoms with Gasteiger partial charge in [-0.1, -0.05) is 37.6 Å². The standard InChI is InChI=1S/C23H29ClN4O5/c1-3-13-33-20-11-9-19(10-12-20)26-22(25)27(14-16-5-7-18(24)8-6-16)23(31)28(32)15-17(4-2)21(29)30/h5-12,17,32H,3-4,13-15H2,1-2H3,(H2,25,26)(H,29,30)/t17-/m0/s1. The van der Waals surface area contributed by atoms with Gasteiger partial charge in [0, 0.05) is 5.02 Å². The lowest BCUT2D eigenvalue weighted by Gasteiger charge is -2.27. The largest absolute Gasteiger partial charge is 0.494 e. The molecule has 0 bridgehead atoms. The number of carbonyl (C=O) groups excluding carboxylic acids is 1. The molecule has 0 radical (unpaired) electrons. The molecule has 0 saturated heterocycles. The second kappa shape index (κ2) is 12.7. The highest BCUT2D eigenvalue weighted by Gasteiger charge is 2.27. The van der Waals surface area contributed by atoms with Gasteiger partial charge in [0.2, 0.25) is 5.96 Å². The van der Waals surface area contributed by atoms with Crippen molar-refractivity contribution in [2.24, 2.45) is 16.6 Å². The van der Waals surface area contributed by atoms with Crippen molar-refractivity contribution < 1.29 is 24.6 Å². The molecule has 0 aliphatic rings. The van der Waals surface area contributed by atoms with Gasteiger partial charge in [-0.3, -0.25) is 14.9 Å². The van der Waals surface area contributed by atoms with Crippen LogP contribution in [-0.2, 0) is 11.3 Å². The van der Waals surface area contributed by atoms with Gasteiger partial charge < -0.3 is 15.6 Å². The Bertz CT molecular complexity index is 950. The number of nitrogens with two attached hydrogens (primary N) is 1. The van der Waals surface area contributed by atoms with Gasteiger partial charge in [0.25, 0.3) is 0 Å². The van der Waals surface area contributed by atoms with E-state index in [1.54, 1.807) is 55.5 Å². The Balaban J connectivity index is 2.28. The van der Waals surface area contributed by atoms with Gasteiger partial charge in [-0.15, -0.1) is 0 Å². The van der Waals surface area contributed by atoms with Crippen LogP contribution in [0.5, 0.6) is 5.75 Å². The number of nitrogens with zero attached hydrogens (tertiary/aromatic N) is 3. The predicted molar refractivity (Wildman–Crippen MR) is 126 cm³/mol. The minimum atomic E-state index is -1.11. The van der Waals surface area contributed by atoms with Crippen molar-refractivity contribution >= 4 is 35.2 Å². The molecular formula is C23H29ClN4O5. The summed E-state index contributed by atoms with van der Waals surface area (Å²) in [5, 5.41) is 20.5. The third-order valence-corrected chi connectivity index (χ3v) is 5.02. The summed E-state index contributed by atoms with van der Waals surface area (Å²) >= 11 is 5.94. The summed E-state index contributed by atoms with van der Waals surface area (Å²) in [5.74, 6) is -1.52. The number of carbonyl (C=O) groups is 2. The van der Waals surface area contributed by atoms with Crippen LogP contribution in [0.3, 0.4) is 0 Å². The van der Waals surface area contributed by atoms with Crippen LogP contribution in [0.15, 0.2) is 53.5 Å². The lowest BCUT2D eigenvalue weighted by molar-refractivity contribution is -0.146. The number of aliphatic carboxylic acids is 1. The van der Waals surface area contributed by atoms with E-state index in [0.29, 0.717) is 33.7 Å². The minimum Gasteiger partial charge on any atom is -0.494 e. The molecule has 0 heterocycles. The lowest BCUT2D eigenvalue weighted by atomic mass is 10.1. The molecule has 2 aromatic rings. The zero-order valence-electron chi connectivity index (χ0n) is 18.6. The fourth-order valence-corrected chi connectivity index (χ4v) is 2.98. The molecule has 2 rings (SSSR count). The molecule has 1 atom stereocenters. The maximum absolute atomic E-state index is 13.0. The van der Waals surface area contributed by atoms with E-state index < -0.39 is 24.5 Å². The summed E-state index contributed by atoms with van der Waals surface area (Å²) in [5.41, 5.74) is 7.32. The number of carboxylic acid groups (broad SMARTS) is 1. The van der Waals surface area contributed by atoms with Gasteiger partial charge in [-0.2, -0.15) is 0 Å². The van der Waals surface area contributed by atoms with Crippen molar-refractivity contribution in [1.82, 2.24) is 9.96 Å². The van der Waals surface area contributed by atoms with E-state index in [0.717, 1.165) is 11.3 Å². The molecule has 0 fully saturated rings. The van der Waals surface area contributed by atoms with Crippen LogP contribution >= 0.6 is 11.6 Å². The number of urea groups is 1. The average Bonchev–Trinajstić information content (AvgIpc) is 2.80. The van der Waals surface area contributed by atoms with Gasteiger partial charge in [0.05, 0.1) is 31.3 Å². The predicted octanol–water partition coefficient (Wildman–Crippen LogP) is 4.50. The fourth-order valence-electron chi connectivity index (χ4n) is 2.86. The lowest BCUT2D eigenvalue weighted by Crippen LogP contribution is -2.49. The third kappa shape index (κ3) is 7.96. The zero-order valence-corrected chi connectivity index (χ0v) is 19.4. The van der Waals surface area contributed by atoms with Crippen molar-refractivity contribution in [3.8, 4) is 5.75 Å². The molecule has 4 N–H and O–H groups in total. The van der Waals surface area contributed by atoms with Crippen LogP contribution in [0.25, 0.3) is 0 Å². The Morgan fingerprint density at radius 2 is 1.76 bits per heavy atom. The van der Waals surface area contributed by atoms with E-state index in [4.69, 9.17) is 22.1 Å². The summed E-state index contributed by atoms with van der Waals surface area (Å²) in [6, 6.07) is 12.7. The highest BCUT2D eigenvalue weighted by molar-refractivity contribution is 6.30. The van der Waals surface area contributed by atoms with E-state index in [1.807, 2.05) is 6.92 Å². The summed E-state index contributed by atoms with van der Waals surface area (Å²) in [6.45, 7) is 3.86. The van der Waals surface area contributed by atoms with Crippen LogP contribution in [0.1, 0.15) is 32.3 Å². The number of amides is 2. The summed E-state index contributed by atoms with van der Waals surface area (Å²) in [7, 11) is 0. The Morgan fingerprint density at radius 3 is 2.30 bits per heavy atom. The van der Waals surface area contributed by atoms with E-state index in [-0.39, 0.29) is 18.9 Å². The molecule has 0 unspecified atom stereocenters. The fraction of sp³-hybridized carbons (Fsp3) is 0.348. The number of guanidine groups is 1. The highest BCUT2D eigenvalue weighted by Crippen LogP contribution is 2.20. The summed E-state index contributed by atoms with van der Waals surface area (Å²) in [4.78, 5) is 29.7. The van der Waals surface area contributed by atoms with Crippen LogP contribution in [-0.4, -0.2) is 51.4 Å². The molecule has 10 heteroatoms. The maximum Gasteiger partial charge on any atom is 0.350 e. The Morgan fingerprint density at radius 1 is 1.12 bits per heavy atom. The van der Waals surface area contributed by atoms with Crippen molar-refractivity contribution in [2.75, 3.05) is 13.2 Å². The molecule has 0 saturated carbocycles. The first-order valence-corrected chi connectivity index (χ1v) is 10.9. The molecule has 0 aliphatic carbocycles. The molecule has 9 nitrogen and oxygen atoms in total. The van der Waals surface area contributed by atoms with Crippen LogP contribution in [0.2, 0.25) is 5.02 Å². The van der Waals surface area contributed by atoms with Crippen LogP contribution < -0.4 is 10.5 Å². The number of halogens is 1. The van der Waals surface area contributed by atoms with Crippen molar-refractivity contribution in [3.05, 3.63) is 59.1 Å². The Kier molecular flexibility index (Phi) is 9.96. The summed E-state index contributed by atoms with van der Waals surface area (Å²) in [6.07, 6.45) is 1.12. The molecule has 2 amide bonds. The molecule has 0 aliphatic heterocycles. The molecule has 2 aromatic carbocycles. The maximum atomic E-state index is 13.0. The van der Waals surface area contributed by atoms with Crippen LogP contribution in [0.4, 0.5) is 10.5 Å². The first kappa shape index (κ1) is 26.0. The van der Waals surface area contributed by atoms with E-state index in [2.05, 4.69) is 4.99 Å². The number of rotatable bonds is 10. The molecular weight excluding hydrogens is 448 g/mol. The van der Waals surface area contributed by atoms with Gasteiger partial charge in [-0.25, -0.2) is 14.9 Å². The minimum absolute atomic E-state index is 0.00997. The topological polar surface area (TPSA) is 129 Å². The number of carboxylic acids is 1. The molecule has 0 aromatic heterocycles. The quantitative estimate of drug-likeness (QED) is 0.200. The van der Waals surface area contributed by atoms with Gasteiger partial charge >= 0.3 is 12.0 Å². The molecule has 0 spiro atoms. The first-order valence-electron chi connectivity index (χ1n) is 10.6. The number of benzene rings is 2. The van der Waals surface area contributed by atoms with Gasteiger partial charge in [-0.05, 0) is 54.8 Å². The van der Waals surface area contributed by atoms with Gasteiger partial charge in [0.1, 0.15) is 5.75 Å². The van der Waals surface area contributed by atoms with Crippen molar-refractivity contribution in [3.63, 3.8) is 0 Å². The smallest absolute Gasteiger partial charge is 0.350 e. The van der Waals surface area contributed by atoms with Crippen molar-refractivity contribution in [1.29, 1.82) is 0 Å². The van der Waals surface area contributed by atoms with Crippen LogP contribution in [0, 0.1) is 5.92 Å². The SMILES string of the molecule is CCCOc1ccc(/N=C(\N)N(Cc2ccc(Cl)cc2)C(=O)N(O)C[C@H](CC)C(=O)O)cc1. The first-order chi connectivity index (χ1) is 15.7.